The van der Waals surface area contributed by atoms with Crippen LogP contribution in [0.4, 0.5) is 0 Å². The van der Waals surface area contributed by atoms with E-state index in [1.807, 2.05) is 43.3 Å². The molecule has 0 saturated heterocycles. The molecule has 18 heavy (non-hydrogen) atoms. The molecule has 0 spiro atoms. The van der Waals surface area contributed by atoms with E-state index in [1.54, 1.807) is 7.11 Å². The van der Waals surface area contributed by atoms with Crippen molar-refractivity contribution in [2.24, 2.45) is 0 Å². The van der Waals surface area contributed by atoms with Gasteiger partial charge in [0.2, 0.25) is 11.6 Å². The molecule has 0 bridgehead atoms. The topological polar surface area (TPSA) is 48.2 Å². The lowest BCUT2D eigenvalue weighted by Crippen LogP contribution is -1.86. The van der Waals surface area contributed by atoms with Crippen molar-refractivity contribution in [1.29, 1.82) is 0 Å². The molecule has 3 rings (SSSR count). The predicted molar refractivity (Wildman–Crippen MR) is 68.5 cm³/mol. The maximum absolute atomic E-state index is 5.68. The van der Waals surface area contributed by atoms with Gasteiger partial charge in [0.25, 0.3) is 0 Å². The van der Waals surface area contributed by atoms with Crippen molar-refractivity contribution in [3.05, 3.63) is 42.1 Å². The van der Waals surface area contributed by atoms with Gasteiger partial charge in [0.15, 0.2) is 0 Å². The Labute approximate surface area is 104 Å². The highest BCUT2D eigenvalue weighted by molar-refractivity contribution is 5.74. The first-order chi connectivity index (χ1) is 8.78. The largest absolute Gasteiger partial charge is 0.496 e. The predicted octanol–water partition coefficient (Wildman–Crippen LogP) is 3.21. The lowest BCUT2D eigenvalue weighted by molar-refractivity contribution is 0.414. The van der Waals surface area contributed by atoms with Crippen LogP contribution in [0.1, 0.15) is 5.69 Å². The Morgan fingerprint density at radius 3 is 2.72 bits per heavy atom. The number of methoxy groups -OCH3 is 1. The minimum absolute atomic E-state index is 0.528. The number of ether oxygens (including phenoxy) is 1. The summed E-state index contributed by atoms with van der Waals surface area (Å²) in [6, 6.07) is 11.4. The number of nitrogens with zero attached hydrogens (tertiary/aromatic N) is 2. The summed E-state index contributed by atoms with van der Waals surface area (Å²) in [5, 5.41) is 0. The van der Waals surface area contributed by atoms with Crippen LogP contribution in [-0.2, 0) is 0 Å². The zero-order valence-electron chi connectivity index (χ0n) is 10.2. The van der Waals surface area contributed by atoms with E-state index in [9.17, 15) is 0 Å². The molecule has 0 radical (unpaired) electrons. The summed E-state index contributed by atoms with van der Waals surface area (Å²) in [5.41, 5.74) is 3.04. The van der Waals surface area contributed by atoms with E-state index < -0.39 is 0 Å². The van der Waals surface area contributed by atoms with Gasteiger partial charge >= 0.3 is 0 Å². The molecule has 0 aliphatic rings. The SMILES string of the molecule is COc1ccccc1-c1nc2ccc(C)nc2o1. The van der Waals surface area contributed by atoms with Crippen molar-refractivity contribution < 1.29 is 9.15 Å². The van der Waals surface area contributed by atoms with Crippen LogP contribution < -0.4 is 4.74 Å². The summed E-state index contributed by atoms with van der Waals surface area (Å²) in [6.07, 6.45) is 0. The van der Waals surface area contributed by atoms with Gasteiger partial charge in [-0.15, -0.1) is 0 Å². The molecule has 0 atom stereocenters. The third-order valence-corrected chi connectivity index (χ3v) is 2.73. The summed E-state index contributed by atoms with van der Waals surface area (Å²) >= 11 is 0. The molecule has 2 heterocycles. The first-order valence-electron chi connectivity index (χ1n) is 5.65. The van der Waals surface area contributed by atoms with Gasteiger partial charge in [0.1, 0.15) is 11.3 Å². The van der Waals surface area contributed by atoms with Gasteiger partial charge in [0.05, 0.1) is 12.7 Å². The van der Waals surface area contributed by atoms with Crippen molar-refractivity contribution in [2.45, 2.75) is 6.92 Å². The molecule has 4 heteroatoms. The van der Waals surface area contributed by atoms with E-state index in [2.05, 4.69) is 9.97 Å². The number of aryl methyl sites for hydroxylation is 1. The number of benzene rings is 1. The highest BCUT2D eigenvalue weighted by Crippen LogP contribution is 2.30. The van der Waals surface area contributed by atoms with Crippen molar-refractivity contribution in [3.8, 4) is 17.2 Å². The molecule has 0 unspecified atom stereocenters. The molecule has 90 valence electrons. The van der Waals surface area contributed by atoms with Gasteiger partial charge in [-0.25, -0.2) is 9.97 Å². The fourth-order valence-electron chi connectivity index (χ4n) is 1.85. The molecule has 0 fully saturated rings. The molecule has 0 N–H and O–H groups in total. The summed E-state index contributed by atoms with van der Waals surface area (Å²) < 4.78 is 11.0. The van der Waals surface area contributed by atoms with Crippen molar-refractivity contribution in [3.63, 3.8) is 0 Å². The zero-order chi connectivity index (χ0) is 12.5. The third kappa shape index (κ3) is 1.72. The van der Waals surface area contributed by atoms with E-state index in [4.69, 9.17) is 9.15 Å². The summed E-state index contributed by atoms with van der Waals surface area (Å²) in [4.78, 5) is 8.73. The Kier molecular flexibility index (Phi) is 2.48. The van der Waals surface area contributed by atoms with Crippen LogP contribution in [0.25, 0.3) is 22.7 Å². The van der Waals surface area contributed by atoms with Crippen LogP contribution in [0.3, 0.4) is 0 Å². The van der Waals surface area contributed by atoms with E-state index in [1.165, 1.54) is 0 Å². The first kappa shape index (κ1) is 10.8. The Bertz CT molecular complexity index is 704. The van der Waals surface area contributed by atoms with Crippen LogP contribution in [0, 0.1) is 6.92 Å². The van der Waals surface area contributed by atoms with E-state index in [0.29, 0.717) is 11.6 Å². The molecular formula is C14H12N2O2. The highest BCUT2D eigenvalue weighted by atomic mass is 16.5. The Morgan fingerprint density at radius 2 is 1.89 bits per heavy atom. The molecule has 0 aliphatic heterocycles. The summed E-state index contributed by atoms with van der Waals surface area (Å²) in [5.74, 6) is 1.27. The first-order valence-corrected chi connectivity index (χ1v) is 5.65. The number of rotatable bonds is 2. The summed E-state index contributed by atoms with van der Waals surface area (Å²) in [7, 11) is 1.63. The molecule has 0 amide bonds. The van der Waals surface area contributed by atoms with Crippen LogP contribution in [0.2, 0.25) is 0 Å². The lowest BCUT2D eigenvalue weighted by atomic mass is 10.2. The van der Waals surface area contributed by atoms with Gasteiger partial charge < -0.3 is 9.15 Å². The van der Waals surface area contributed by atoms with Crippen molar-refractivity contribution >= 4 is 11.2 Å². The van der Waals surface area contributed by atoms with Crippen molar-refractivity contribution in [1.82, 2.24) is 9.97 Å². The third-order valence-electron chi connectivity index (χ3n) is 2.73. The van der Waals surface area contributed by atoms with Crippen LogP contribution in [0.5, 0.6) is 5.75 Å². The highest BCUT2D eigenvalue weighted by Gasteiger charge is 2.13. The fraction of sp³-hybridized carbons (Fsp3) is 0.143. The van der Waals surface area contributed by atoms with Gasteiger partial charge in [-0.05, 0) is 31.2 Å². The monoisotopic (exact) mass is 240 g/mol. The summed E-state index contributed by atoms with van der Waals surface area (Å²) in [6.45, 7) is 1.92. The van der Waals surface area contributed by atoms with Crippen LogP contribution >= 0.6 is 0 Å². The van der Waals surface area contributed by atoms with Crippen LogP contribution in [0.15, 0.2) is 40.8 Å². The Morgan fingerprint density at radius 1 is 1.06 bits per heavy atom. The quantitative estimate of drug-likeness (QED) is 0.690. The molecule has 0 saturated carbocycles. The molecule has 0 aliphatic carbocycles. The normalized spacial score (nSPS) is 10.8. The number of hydrogen-bond acceptors (Lipinski definition) is 4. The number of para-hydroxylation sites is 1. The van der Waals surface area contributed by atoms with E-state index in [-0.39, 0.29) is 0 Å². The average Bonchev–Trinajstić information content (AvgIpc) is 2.81. The zero-order valence-corrected chi connectivity index (χ0v) is 10.2. The molecule has 4 nitrogen and oxygen atoms in total. The molecular weight excluding hydrogens is 228 g/mol. The number of aromatic nitrogens is 2. The fourth-order valence-corrected chi connectivity index (χ4v) is 1.85. The van der Waals surface area contributed by atoms with Crippen molar-refractivity contribution in [2.75, 3.05) is 7.11 Å². The van der Waals surface area contributed by atoms with E-state index in [0.717, 1.165) is 22.5 Å². The molecule has 2 aromatic heterocycles. The van der Waals surface area contributed by atoms with Crippen LogP contribution in [-0.4, -0.2) is 17.1 Å². The minimum atomic E-state index is 0.528. The Hall–Kier alpha value is -2.36. The van der Waals surface area contributed by atoms with Gasteiger partial charge in [-0.2, -0.15) is 0 Å². The number of fused-ring (bicyclic) bond motifs is 1. The second kappa shape index (κ2) is 4.14. The average molecular weight is 240 g/mol. The van der Waals surface area contributed by atoms with Gasteiger partial charge in [-0.3, -0.25) is 0 Å². The van der Waals surface area contributed by atoms with Gasteiger partial charge in [0, 0.05) is 5.69 Å². The van der Waals surface area contributed by atoms with E-state index >= 15 is 0 Å². The molecule has 1 aromatic carbocycles. The standard InChI is InChI=1S/C14H12N2O2/c1-9-7-8-11-14(15-9)18-13(16-11)10-5-3-4-6-12(10)17-2/h3-8H,1-2H3. The second-order valence-corrected chi connectivity index (χ2v) is 4.00. The maximum Gasteiger partial charge on any atom is 0.247 e. The smallest absolute Gasteiger partial charge is 0.247 e. The minimum Gasteiger partial charge on any atom is -0.496 e. The van der Waals surface area contributed by atoms with Gasteiger partial charge in [-0.1, -0.05) is 12.1 Å². The Balaban J connectivity index is 2.19. The number of oxazole rings is 1. The lowest BCUT2D eigenvalue weighted by Gasteiger charge is -2.03. The maximum atomic E-state index is 5.68. The molecule has 3 aromatic rings. The number of pyridine rings is 1. The number of hydrogen-bond donors (Lipinski definition) is 0. The second-order valence-electron chi connectivity index (χ2n) is 4.00.